The Labute approximate surface area is 101 Å². The van der Waals surface area contributed by atoms with Gasteiger partial charge in [-0.25, -0.2) is 0 Å². The van der Waals surface area contributed by atoms with E-state index in [4.69, 9.17) is 4.74 Å². The largest absolute Gasteiger partial charge is 0.390 e. The van der Waals surface area contributed by atoms with Gasteiger partial charge in [-0.2, -0.15) is 0 Å². The molecule has 1 fully saturated rings. The van der Waals surface area contributed by atoms with Crippen LogP contribution in [0, 0.1) is 5.92 Å². The van der Waals surface area contributed by atoms with Crippen molar-refractivity contribution in [1.82, 2.24) is 0 Å². The van der Waals surface area contributed by atoms with Crippen molar-refractivity contribution in [1.29, 1.82) is 0 Å². The van der Waals surface area contributed by atoms with Crippen molar-refractivity contribution in [2.75, 3.05) is 6.61 Å². The quantitative estimate of drug-likeness (QED) is 0.846. The maximum Gasteiger partial charge on any atom is 0.138 e. The Morgan fingerprint density at radius 2 is 2.12 bits per heavy atom. The first kappa shape index (κ1) is 12.3. The second kappa shape index (κ2) is 5.94. The smallest absolute Gasteiger partial charge is 0.138 e. The number of rotatable bonds is 5. The molecule has 0 unspecified atom stereocenters. The van der Waals surface area contributed by atoms with E-state index in [0.717, 1.165) is 18.4 Å². The zero-order valence-corrected chi connectivity index (χ0v) is 9.84. The van der Waals surface area contributed by atoms with Crippen LogP contribution in [-0.2, 0) is 16.1 Å². The van der Waals surface area contributed by atoms with Crippen LogP contribution in [0.2, 0.25) is 0 Å². The fourth-order valence-electron chi connectivity index (χ4n) is 2.24. The number of Topliss-reactive ketones (excluding diaryl/α,β-unsaturated/α-hetero) is 1. The van der Waals surface area contributed by atoms with Crippen LogP contribution >= 0.6 is 0 Å². The van der Waals surface area contributed by atoms with Crippen molar-refractivity contribution in [3.63, 3.8) is 0 Å². The molecule has 3 heteroatoms. The van der Waals surface area contributed by atoms with Gasteiger partial charge in [0.15, 0.2) is 0 Å². The molecule has 0 bridgehead atoms. The van der Waals surface area contributed by atoms with Gasteiger partial charge in [-0.1, -0.05) is 30.3 Å². The average Bonchev–Trinajstić information content (AvgIpc) is 2.77. The molecule has 0 radical (unpaired) electrons. The lowest BCUT2D eigenvalue weighted by Crippen LogP contribution is -2.28. The fourth-order valence-corrected chi connectivity index (χ4v) is 2.24. The molecule has 1 aromatic carbocycles. The number of carbonyl (C=O) groups is 1. The molecule has 1 aliphatic rings. The van der Waals surface area contributed by atoms with Crippen molar-refractivity contribution in [3.05, 3.63) is 35.9 Å². The van der Waals surface area contributed by atoms with Gasteiger partial charge in [0, 0.05) is 12.3 Å². The van der Waals surface area contributed by atoms with Gasteiger partial charge in [0.1, 0.15) is 5.78 Å². The summed E-state index contributed by atoms with van der Waals surface area (Å²) in [6.45, 7) is 0.726. The van der Waals surface area contributed by atoms with Crippen LogP contribution in [0.3, 0.4) is 0 Å². The molecule has 1 aliphatic carbocycles. The van der Waals surface area contributed by atoms with Gasteiger partial charge in [-0.3, -0.25) is 4.79 Å². The maximum absolute atomic E-state index is 11.4. The summed E-state index contributed by atoms with van der Waals surface area (Å²) in [5.41, 5.74) is 1.08. The molecule has 1 saturated carbocycles. The Morgan fingerprint density at radius 1 is 1.35 bits per heavy atom. The van der Waals surface area contributed by atoms with E-state index in [9.17, 15) is 9.90 Å². The highest BCUT2D eigenvalue weighted by atomic mass is 16.5. The molecule has 0 spiro atoms. The van der Waals surface area contributed by atoms with Gasteiger partial charge in [0.05, 0.1) is 19.3 Å². The Kier molecular flexibility index (Phi) is 4.29. The van der Waals surface area contributed by atoms with Crippen molar-refractivity contribution >= 4 is 5.78 Å². The van der Waals surface area contributed by atoms with Crippen LogP contribution in [0.15, 0.2) is 30.3 Å². The van der Waals surface area contributed by atoms with E-state index in [2.05, 4.69) is 0 Å². The van der Waals surface area contributed by atoms with Crippen molar-refractivity contribution in [2.24, 2.45) is 5.92 Å². The first-order chi connectivity index (χ1) is 8.27. The summed E-state index contributed by atoms with van der Waals surface area (Å²) in [7, 11) is 0. The van der Waals surface area contributed by atoms with Crippen LogP contribution in [0.4, 0.5) is 0 Å². The minimum atomic E-state index is -0.645. The molecule has 1 N–H and O–H groups in total. The molecule has 2 rings (SSSR count). The Hall–Kier alpha value is -1.19. The Bertz CT molecular complexity index is 361. The molecule has 17 heavy (non-hydrogen) atoms. The van der Waals surface area contributed by atoms with Gasteiger partial charge in [-0.15, -0.1) is 0 Å². The molecule has 1 aromatic rings. The lowest BCUT2D eigenvalue weighted by Gasteiger charge is -2.16. The molecule has 0 aromatic heterocycles. The highest BCUT2D eigenvalue weighted by Crippen LogP contribution is 2.24. The van der Waals surface area contributed by atoms with Gasteiger partial charge in [0.25, 0.3) is 0 Å². The minimum absolute atomic E-state index is 0.181. The highest BCUT2D eigenvalue weighted by Gasteiger charge is 2.30. The number of ketones is 1. The lowest BCUT2D eigenvalue weighted by atomic mass is 10.0. The van der Waals surface area contributed by atoms with Crippen LogP contribution in [-0.4, -0.2) is 23.6 Å². The van der Waals surface area contributed by atoms with Crippen molar-refractivity contribution in [3.8, 4) is 0 Å². The van der Waals surface area contributed by atoms with Crippen LogP contribution in [0.5, 0.6) is 0 Å². The van der Waals surface area contributed by atoms with E-state index in [-0.39, 0.29) is 18.3 Å². The standard InChI is InChI=1S/C14H18O3/c15-13-8-4-7-12(13)14(16)10-17-9-11-5-2-1-3-6-11/h1-3,5-6,12,14,16H,4,7-10H2/t12-,14+/m0/s1. The molecule has 0 saturated heterocycles. The third kappa shape index (κ3) is 3.38. The highest BCUT2D eigenvalue weighted by molar-refractivity contribution is 5.83. The van der Waals surface area contributed by atoms with Crippen molar-refractivity contribution in [2.45, 2.75) is 32.0 Å². The Morgan fingerprint density at radius 3 is 2.76 bits per heavy atom. The predicted octanol–water partition coefficient (Wildman–Crippen LogP) is 1.93. The second-order valence-electron chi connectivity index (χ2n) is 4.53. The van der Waals surface area contributed by atoms with Crippen molar-refractivity contribution < 1.29 is 14.6 Å². The third-order valence-electron chi connectivity index (χ3n) is 3.22. The molecule has 2 atom stereocenters. The molecule has 0 heterocycles. The number of aliphatic hydroxyl groups is 1. The van der Waals surface area contributed by atoms with Gasteiger partial charge in [0.2, 0.25) is 0 Å². The number of aliphatic hydroxyl groups excluding tert-OH is 1. The normalized spacial score (nSPS) is 21.7. The topological polar surface area (TPSA) is 46.5 Å². The minimum Gasteiger partial charge on any atom is -0.390 e. The van der Waals surface area contributed by atoms with E-state index in [1.54, 1.807) is 0 Å². The van der Waals surface area contributed by atoms with Crippen LogP contribution in [0.25, 0.3) is 0 Å². The number of carbonyl (C=O) groups excluding carboxylic acids is 1. The predicted molar refractivity (Wildman–Crippen MR) is 64.5 cm³/mol. The Balaban J connectivity index is 1.73. The monoisotopic (exact) mass is 234 g/mol. The molecular formula is C14H18O3. The summed E-state index contributed by atoms with van der Waals surface area (Å²) in [6.07, 6.45) is 1.67. The molecule has 92 valence electrons. The second-order valence-corrected chi connectivity index (χ2v) is 4.53. The summed E-state index contributed by atoms with van der Waals surface area (Å²) in [5, 5.41) is 9.85. The summed E-state index contributed by atoms with van der Waals surface area (Å²) in [6, 6.07) is 9.82. The summed E-state index contributed by atoms with van der Waals surface area (Å²) in [5.74, 6) is -0.0217. The first-order valence-electron chi connectivity index (χ1n) is 6.10. The zero-order chi connectivity index (χ0) is 12.1. The van der Waals surface area contributed by atoms with Crippen LogP contribution in [0.1, 0.15) is 24.8 Å². The van der Waals surface area contributed by atoms with E-state index in [0.29, 0.717) is 13.0 Å². The molecule has 3 nitrogen and oxygen atoms in total. The summed E-state index contributed by atoms with van der Waals surface area (Å²) < 4.78 is 5.44. The number of hydrogen-bond donors (Lipinski definition) is 1. The SMILES string of the molecule is O=C1CCC[C@@H]1[C@H](O)COCc1ccccc1. The van der Waals surface area contributed by atoms with Gasteiger partial charge < -0.3 is 9.84 Å². The number of benzene rings is 1. The van der Waals surface area contributed by atoms with E-state index >= 15 is 0 Å². The first-order valence-corrected chi connectivity index (χ1v) is 6.10. The average molecular weight is 234 g/mol. The van der Waals surface area contributed by atoms with Crippen LogP contribution < -0.4 is 0 Å². The summed E-state index contributed by atoms with van der Waals surface area (Å²) >= 11 is 0. The van der Waals surface area contributed by atoms with Gasteiger partial charge in [-0.05, 0) is 18.4 Å². The van der Waals surface area contributed by atoms with E-state index in [1.807, 2.05) is 30.3 Å². The van der Waals surface area contributed by atoms with Gasteiger partial charge >= 0.3 is 0 Å². The molecular weight excluding hydrogens is 216 g/mol. The number of ether oxygens (including phenoxy) is 1. The molecule has 0 amide bonds. The van der Waals surface area contributed by atoms with E-state index in [1.165, 1.54) is 0 Å². The lowest BCUT2D eigenvalue weighted by molar-refractivity contribution is -0.125. The third-order valence-corrected chi connectivity index (χ3v) is 3.22. The fraction of sp³-hybridized carbons (Fsp3) is 0.500. The van der Waals surface area contributed by atoms with E-state index < -0.39 is 6.10 Å². The maximum atomic E-state index is 11.4. The molecule has 0 aliphatic heterocycles. The summed E-state index contributed by atoms with van der Waals surface area (Å²) in [4.78, 5) is 11.4. The number of hydrogen-bond acceptors (Lipinski definition) is 3. The zero-order valence-electron chi connectivity index (χ0n) is 9.84.